The summed E-state index contributed by atoms with van der Waals surface area (Å²) < 4.78 is 3.32. The van der Waals surface area contributed by atoms with Gasteiger partial charge in [-0.3, -0.25) is 9.36 Å². The summed E-state index contributed by atoms with van der Waals surface area (Å²) in [6, 6.07) is 9.74. The lowest BCUT2D eigenvalue weighted by atomic mass is 9.89. The first-order valence-corrected chi connectivity index (χ1v) is 8.93. The number of carbonyl (C=O) groups is 1. The van der Waals surface area contributed by atoms with E-state index in [1.54, 1.807) is 20.3 Å². The summed E-state index contributed by atoms with van der Waals surface area (Å²) in [5.41, 5.74) is 1.72. The number of aromatic nitrogens is 5. The first-order chi connectivity index (χ1) is 12.8. The van der Waals surface area contributed by atoms with Crippen LogP contribution in [0.5, 0.6) is 0 Å². The molecule has 0 spiro atoms. The number of H-pyrrole nitrogens is 1. The maximum Gasteiger partial charge on any atom is 0.343 e. The van der Waals surface area contributed by atoms with Crippen molar-refractivity contribution < 1.29 is 4.79 Å². The highest BCUT2D eigenvalue weighted by atomic mass is 16.2. The average molecular weight is 366 g/mol. The van der Waals surface area contributed by atoms with Crippen LogP contribution >= 0.6 is 0 Å². The van der Waals surface area contributed by atoms with Gasteiger partial charge in [-0.15, -0.1) is 0 Å². The van der Waals surface area contributed by atoms with Crippen LogP contribution in [0.4, 0.5) is 0 Å². The molecule has 0 bridgehead atoms. The average Bonchev–Trinajstić information content (AvgIpc) is 3.26. The number of fused-ring (bicyclic) bond motifs is 1. The summed E-state index contributed by atoms with van der Waals surface area (Å²) >= 11 is 0. The molecule has 0 saturated carbocycles. The van der Waals surface area contributed by atoms with Crippen molar-refractivity contribution in [1.82, 2.24) is 29.4 Å². The van der Waals surface area contributed by atoms with E-state index in [9.17, 15) is 9.59 Å². The predicted octanol–water partition coefficient (Wildman–Crippen LogP) is 1.71. The van der Waals surface area contributed by atoms with Crippen molar-refractivity contribution in [3.05, 3.63) is 64.1 Å². The number of aromatic amines is 1. The van der Waals surface area contributed by atoms with E-state index in [-0.39, 0.29) is 17.0 Å². The molecule has 0 saturated heterocycles. The van der Waals surface area contributed by atoms with Gasteiger partial charge in [0, 0.05) is 24.7 Å². The fraction of sp³-hybridized carbons (Fsp3) is 0.368. The van der Waals surface area contributed by atoms with Gasteiger partial charge < -0.3 is 4.90 Å². The van der Waals surface area contributed by atoms with Gasteiger partial charge >= 0.3 is 5.69 Å². The van der Waals surface area contributed by atoms with Crippen molar-refractivity contribution in [2.75, 3.05) is 6.54 Å². The van der Waals surface area contributed by atoms with E-state index in [0.717, 1.165) is 11.4 Å². The Morgan fingerprint density at radius 2 is 1.89 bits per heavy atom. The zero-order chi connectivity index (χ0) is 19.2. The number of benzene rings is 1. The number of rotatable bonds is 2. The Hall–Kier alpha value is -3.16. The van der Waals surface area contributed by atoms with Gasteiger partial charge in [-0.1, -0.05) is 39.0 Å². The highest BCUT2D eigenvalue weighted by Gasteiger charge is 2.31. The molecule has 0 atom stereocenters. The third-order valence-corrected chi connectivity index (χ3v) is 4.73. The molecule has 3 heterocycles. The Labute approximate surface area is 156 Å². The fourth-order valence-electron chi connectivity index (χ4n) is 3.31. The van der Waals surface area contributed by atoms with Gasteiger partial charge in [0.25, 0.3) is 5.91 Å². The molecular weight excluding hydrogens is 344 g/mol. The summed E-state index contributed by atoms with van der Waals surface area (Å²) in [6.07, 6.45) is 1.80. The second kappa shape index (κ2) is 6.22. The lowest BCUT2D eigenvalue weighted by Crippen LogP contribution is -2.41. The Balaban J connectivity index is 1.71. The van der Waals surface area contributed by atoms with Gasteiger partial charge in [0.2, 0.25) is 0 Å². The molecule has 1 N–H and O–H groups in total. The van der Waals surface area contributed by atoms with Crippen LogP contribution in [0.2, 0.25) is 0 Å². The topological polar surface area (TPSA) is 88.8 Å². The van der Waals surface area contributed by atoms with Gasteiger partial charge in [-0.05, 0) is 12.1 Å². The molecule has 1 aliphatic rings. The standard InChI is InChI=1S/C19H22N6O2/c1-19(2,3)16-14(11-25(22-16)13-7-5-4-6-8-13)17(26)23-9-10-24-15(12-23)20-21-18(24)27/h4-8,11H,9-10,12H2,1-3H3,(H,21,27). The van der Waals surface area contributed by atoms with Crippen LogP contribution in [0.1, 0.15) is 42.6 Å². The van der Waals surface area contributed by atoms with Crippen molar-refractivity contribution >= 4 is 5.91 Å². The SMILES string of the molecule is CC(C)(C)c1nn(-c2ccccc2)cc1C(=O)N1CCn2c(n[nH]c2=O)C1. The molecule has 0 aliphatic carbocycles. The van der Waals surface area contributed by atoms with Gasteiger partial charge in [0.15, 0.2) is 5.82 Å². The van der Waals surface area contributed by atoms with E-state index in [1.807, 2.05) is 51.1 Å². The molecule has 8 nitrogen and oxygen atoms in total. The smallest absolute Gasteiger partial charge is 0.329 e. The number of carbonyl (C=O) groups excluding carboxylic acids is 1. The highest BCUT2D eigenvalue weighted by Crippen LogP contribution is 2.27. The van der Waals surface area contributed by atoms with Crippen LogP contribution in [0.25, 0.3) is 5.69 Å². The van der Waals surface area contributed by atoms with Gasteiger partial charge in [0.05, 0.1) is 23.5 Å². The molecule has 27 heavy (non-hydrogen) atoms. The van der Waals surface area contributed by atoms with Crippen molar-refractivity contribution in [3.63, 3.8) is 0 Å². The first kappa shape index (κ1) is 17.3. The van der Waals surface area contributed by atoms with Crippen LogP contribution in [0.3, 0.4) is 0 Å². The van der Waals surface area contributed by atoms with Gasteiger partial charge in [-0.2, -0.15) is 10.2 Å². The maximum absolute atomic E-state index is 13.3. The Bertz CT molecular complexity index is 1040. The van der Waals surface area contributed by atoms with Crippen molar-refractivity contribution in [2.24, 2.45) is 0 Å². The van der Waals surface area contributed by atoms with Crippen LogP contribution in [-0.4, -0.2) is 41.9 Å². The van der Waals surface area contributed by atoms with Crippen LogP contribution in [0.15, 0.2) is 41.3 Å². The van der Waals surface area contributed by atoms with E-state index < -0.39 is 0 Å². The third-order valence-electron chi connectivity index (χ3n) is 4.73. The highest BCUT2D eigenvalue weighted by molar-refractivity contribution is 5.95. The number of nitrogens with one attached hydrogen (secondary N) is 1. The maximum atomic E-state index is 13.3. The number of hydrogen-bond acceptors (Lipinski definition) is 4. The number of para-hydroxylation sites is 1. The number of amides is 1. The Kier molecular flexibility index (Phi) is 3.98. The molecule has 1 amide bonds. The fourth-order valence-corrected chi connectivity index (χ4v) is 3.31. The van der Waals surface area contributed by atoms with E-state index >= 15 is 0 Å². The second-order valence-corrected chi connectivity index (χ2v) is 7.74. The summed E-state index contributed by atoms with van der Waals surface area (Å²) in [4.78, 5) is 26.7. The van der Waals surface area contributed by atoms with Crippen molar-refractivity contribution in [3.8, 4) is 5.69 Å². The first-order valence-electron chi connectivity index (χ1n) is 8.93. The molecule has 0 radical (unpaired) electrons. The molecule has 1 aliphatic heterocycles. The summed E-state index contributed by atoms with van der Waals surface area (Å²) in [7, 11) is 0. The molecule has 3 aromatic rings. The predicted molar refractivity (Wildman–Crippen MR) is 99.9 cm³/mol. The quantitative estimate of drug-likeness (QED) is 0.748. The molecular formula is C19H22N6O2. The van der Waals surface area contributed by atoms with E-state index in [0.29, 0.717) is 31.0 Å². The zero-order valence-electron chi connectivity index (χ0n) is 15.6. The lowest BCUT2D eigenvalue weighted by Gasteiger charge is -2.27. The normalized spacial score (nSPS) is 14.3. The molecule has 2 aromatic heterocycles. The second-order valence-electron chi connectivity index (χ2n) is 7.74. The molecule has 1 aromatic carbocycles. The molecule has 4 rings (SSSR count). The number of nitrogens with zero attached hydrogens (tertiary/aromatic N) is 5. The molecule has 140 valence electrons. The van der Waals surface area contributed by atoms with E-state index in [4.69, 9.17) is 5.10 Å². The van der Waals surface area contributed by atoms with Crippen LogP contribution in [-0.2, 0) is 18.5 Å². The minimum absolute atomic E-state index is 0.0937. The minimum Gasteiger partial charge on any atom is -0.329 e. The monoisotopic (exact) mass is 366 g/mol. The van der Waals surface area contributed by atoms with Crippen LogP contribution in [0, 0.1) is 0 Å². The molecule has 0 unspecified atom stereocenters. The third kappa shape index (κ3) is 3.07. The zero-order valence-corrected chi connectivity index (χ0v) is 15.6. The Morgan fingerprint density at radius 3 is 2.59 bits per heavy atom. The summed E-state index contributed by atoms with van der Waals surface area (Å²) in [5.74, 6) is 0.483. The van der Waals surface area contributed by atoms with Crippen molar-refractivity contribution in [2.45, 2.75) is 39.3 Å². The van der Waals surface area contributed by atoms with Crippen molar-refractivity contribution in [1.29, 1.82) is 0 Å². The summed E-state index contributed by atoms with van der Waals surface area (Å²) in [6.45, 7) is 7.34. The van der Waals surface area contributed by atoms with E-state index in [1.165, 1.54) is 0 Å². The Morgan fingerprint density at radius 1 is 1.15 bits per heavy atom. The molecule has 8 heteroatoms. The lowest BCUT2D eigenvalue weighted by molar-refractivity contribution is 0.0704. The van der Waals surface area contributed by atoms with Crippen LogP contribution < -0.4 is 5.69 Å². The largest absolute Gasteiger partial charge is 0.343 e. The van der Waals surface area contributed by atoms with E-state index in [2.05, 4.69) is 10.2 Å². The summed E-state index contributed by atoms with van der Waals surface area (Å²) in [5, 5.41) is 11.2. The van der Waals surface area contributed by atoms with Gasteiger partial charge in [-0.25, -0.2) is 14.6 Å². The molecule has 0 fully saturated rings. The van der Waals surface area contributed by atoms with Gasteiger partial charge in [0.1, 0.15) is 0 Å². The minimum atomic E-state index is -0.282. The number of hydrogen-bond donors (Lipinski definition) is 1.